The molecule has 0 saturated heterocycles. The summed E-state index contributed by atoms with van der Waals surface area (Å²) in [6.07, 6.45) is 0. The highest BCUT2D eigenvalue weighted by Gasteiger charge is 2.16. The fourth-order valence-corrected chi connectivity index (χ4v) is 2.58. The minimum Gasteiger partial charge on any atom is -0.320 e. The topological polar surface area (TPSA) is 55.1 Å². The molecule has 2 rings (SSSR count). The Bertz CT molecular complexity index is 724. The van der Waals surface area contributed by atoms with Gasteiger partial charge in [0, 0.05) is 0 Å². The van der Waals surface area contributed by atoms with Crippen LogP contribution in [-0.2, 0) is 0 Å². The van der Waals surface area contributed by atoms with Gasteiger partial charge >= 0.3 is 0 Å². The maximum absolute atomic E-state index is 13.5. The van der Waals surface area contributed by atoms with Crippen molar-refractivity contribution < 1.29 is 13.6 Å². The first-order valence-corrected chi connectivity index (χ1v) is 6.89. The number of hydrogen-bond donors (Lipinski definition) is 2. The van der Waals surface area contributed by atoms with Crippen LogP contribution in [0.15, 0.2) is 24.3 Å². The SMILES string of the molecule is Cc1cc(C(=O)Nc2c(F)cccc2F)sc1C#CCN. The molecule has 21 heavy (non-hydrogen) atoms. The second-order valence-electron chi connectivity index (χ2n) is 4.18. The molecule has 3 N–H and O–H groups in total. The summed E-state index contributed by atoms with van der Waals surface area (Å²) in [6.45, 7) is 2.02. The molecule has 0 atom stereocenters. The zero-order chi connectivity index (χ0) is 15.4. The van der Waals surface area contributed by atoms with Crippen molar-refractivity contribution in [3.05, 3.63) is 51.2 Å². The summed E-state index contributed by atoms with van der Waals surface area (Å²) in [6, 6.07) is 5.02. The molecule has 1 amide bonds. The Morgan fingerprint density at radius 1 is 1.38 bits per heavy atom. The molecule has 108 valence electrons. The van der Waals surface area contributed by atoms with Crippen molar-refractivity contribution in [3.63, 3.8) is 0 Å². The highest BCUT2D eigenvalue weighted by molar-refractivity contribution is 7.14. The number of thiophene rings is 1. The Morgan fingerprint density at radius 2 is 2.05 bits per heavy atom. The van der Waals surface area contributed by atoms with Gasteiger partial charge in [0.25, 0.3) is 5.91 Å². The first kappa shape index (κ1) is 15.2. The number of para-hydroxylation sites is 1. The van der Waals surface area contributed by atoms with E-state index < -0.39 is 23.2 Å². The first-order chi connectivity index (χ1) is 10.0. The van der Waals surface area contributed by atoms with Crippen LogP contribution in [-0.4, -0.2) is 12.5 Å². The van der Waals surface area contributed by atoms with E-state index in [9.17, 15) is 13.6 Å². The van der Waals surface area contributed by atoms with Crippen LogP contribution in [0.2, 0.25) is 0 Å². The number of rotatable bonds is 2. The van der Waals surface area contributed by atoms with Crippen LogP contribution < -0.4 is 11.1 Å². The predicted molar refractivity (Wildman–Crippen MR) is 79.3 cm³/mol. The van der Waals surface area contributed by atoms with Gasteiger partial charge in [-0.1, -0.05) is 17.9 Å². The predicted octanol–water partition coefficient (Wildman–Crippen LogP) is 2.90. The smallest absolute Gasteiger partial charge is 0.265 e. The van der Waals surface area contributed by atoms with E-state index in [1.807, 2.05) is 0 Å². The van der Waals surface area contributed by atoms with Gasteiger partial charge in [-0.15, -0.1) is 11.3 Å². The lowest BCUT2D eigenvalue weighted by Crippen LogP contribution is -2.12. The van der Waals surface area contributed by atoms with E-state index in [0.717, 1.165) is 29.0 Å². The maximum Gasteiger partial charge on any atom is 0.265 e. The number of nitrogens with one attached hydrogen (secondary N) is 1. The third-order valence-corrected chi connectivity index (χ3v) is 3.80. The molecular weight excluding hydrogens is 294 g/mol. The lowest BCUT2D eigenvalue weighted by Gasteiger charge is -2.05. The van der Waals surface area contributed by atoms with E-state index in [2.05, 4.69) is 17.2 Å². The van der Waals surface area contributed by atoms with Crippen LogP contribution in [0, 0.1) is 30.4 Å². The molecule has 0 spiro atoms. The van der Waals surface area contributed by atoms with Crippen molar-refractivity contribution in [2.75, 3.05) is 11.9 Å². The molecule has 0 fully saturated rings. The largest absolute Gasteiger partial charge is 0.320 e. The maximum atomic E-state index is 13.5. The summed E-state index contributed by atoms with van der Waals surface area (Å²) in [5.41, 5.74) is 5.66. The second kappa shape index (κ2) is 6.48. The number of aryl methyl sites for hydroxylation is 1. The number of benzene rings is 1. The van der Waals surface area contributed by atoms with Crippen molar-refractivity contribution in [3.8, 4) is 11.8 Å². The average Bonchev–Trinajstić information content (AvgIpc) is 2.82. The number of amides is 1. The van der Waals surface area contributed by atoms with E-state index in [1.165, 1.54) is 6.07 Å². The minimum atomic E-state index is -0.820. The summed E-state index contributed by atoms with van der Waals surface area (Å²) in [5, 5.41) is 2.24. The second-order valence-corrected chi connectivity index (χ2v) is 5.23. The van der Waals surface area contributed by atoms with Crippen molar-refractivity contribution in [2.45, 2.75) is 6.92 Å². The van der Waals surface area contributed by atoms with E-state index >= 15 is 0 Å². The summed E-state index contributed by atoms with van der Waals surface area (Å²) in [4.78, 5) is 13.1. The van der Waals surface area contributed by atoms with E-state index in [1.54, 1.807) is 13.0 Å². The molecule has 0 aliphatic carbocycles. The van der Waals surface area contributed by atoms with Crippen LogP contribution in [0.25, 0.3) is 0 Å². The van der Waals surface area contributed by atoms with E-state index in [-0.39, 0.29) is 6.54 Å². The Hall–Kier alpha value is -2.23. The zero-order valence-electron chi connectivity index (χ0n) is 11.2. The lowest BCUT2D eigenvalue weighted by molar-refractivity contribution is 0.102. The molecule has 0 saturated carbocycles. The first-order valence-electron chi connectivity index (χ1n) is 6.07. The van der Waals surface area contributed by atoms with Crippen LogP contribution in [0.1, 0.15) is 20.1 Å². The van der Waals surface area contributed by atoms with Crippen molar-refractivity contribution in [1.29, 1.82) is 0 Å². The van der Waals surface area contributed by atoms with E-state index in [0.29, 0.717) is 9.75 Å². The van der Waals surface area contributed by atoms with E-state index in [4.69, 9.17) is 5.73 Å². The molecular formula is C15H12F2N2OS. The Labute approximate surface area is 124 Å². The highest BCUT2D eigenvalue weighted by Crippen LogP contribution is 2.24. The zero-order valence-corrected chi connectivity index (χ0v) is 12.0. The molecule has 0 aliphatic heterocycles. The molecule has 1 aromatic carbocycles. The number of anilines is 1. The molecule has 1 heterocycles. The summed E-state index contributed by atoms with van der Waals surface area (Å²) >= 11 is 1.15. The Balaban J connectivity index is 2.25. The molecule has 0 radical (unpaired) electrons. The van der Waals surface area contributed by atoms with Gasteiger partial charge < -0.3 is 11.1 Å². The summed E-state index contributed by atoms with van der Waals surface area (Å²) in [7, 11) is 0. The van der Waals surface area contributed by atoms with Gasteiger partial charge in [-0.3, -0.25) is 4.79 Å². The Morgan fingerprint density at radius 3 is 2.67 bits per heavy atom. The van der Waals surface area contributed by atoms with Gasteiger partial charge in [-0.2, -0.15) is 0 Å². The van der Waals surface area contributed by atoms with Crippen LogP contribution >= 0.6 is 11.3 Å². The minimum absolute atomic E-state index is 0.222. The van der Waals surface area contributed by atoms with Gasteiger partial charge in [0.1, 0.15) is 17.3 Å². The average molecular weight is 306 g/mol. The molecule has 2 aromatic rings. The number of halogens is 2. The number of carbonyl (C=O) groups excluding carboxylic acids is 1. The van der Waals surface area contributed by atoms with Crippen molar-refractivity contribution >= 4 is 22.9 Å². The van der Waals surface area contributed by atoms with Crippen molar-refractivity contribution in [2.24, 2.45) is 5.73 Å². The third-order valence-electron chi connectivity index (χ3n) is 2.65. The van der Waals surface area contributed by atoms with Gasteiger partial charge in [-0.05, 0) is 30.7 Å². The van der Waals surface area contributed by atoms with Gasteiger partial charge in [0.2, 0.25) is 0 Å². The molecule has 0 aliphatic rings. The standard InChI is InChI=1S/C15H12F2N2OS/c1-9-8-13(21-12(9)6-3-7-18)15(20)19-14-10(16)4-2-5-11(14)17/h2,4-5,8H,7,18H2,1H3,(H,19,20). The Kier molecular flexibility index (Phi) is 4.68. The van der Waals surface area contributed by atoms with Gasteiger partial charge in [-0.25, -0.2) is 8.78 Å². The van der Waals surface area contributed by atoms with Crippen molar-refractivity contribution in [1.82, 2.24) is 0 Å². The van der Waals surface area contributed by atoms with Gasteiger partial charge in [0.15, 0.2) is 0 Å². The monoisotopic (exact) mass is 306 g/mol. The molecule has 6 heteroatoms. The number of nitrogens with two attached hydrogens (primary N) is 1. The van der Waals surface area contributed by atoms with Crippen LogP contribution in [0.3, 0.4) is 0 Å². The number of carbonyl (C=O) groups is 1. The summed E-state index contributed by atoms with van der Waals surface area (Å²) < 4.78 is 27.0. The normalized spacial score (nSPS) is 9.90. The lowest BCUT2D eigenvalue weighted by atomic mass is 10.2. The summed E-state index contributed by atoms with van der Waals surface area (Å²) in [5.74, 6) is 3.34. The van der Waals surface area contributed by atoms with Crippen LogP contribution in [0.5, 0.6) is 0 Å². The highest BCUT2D eigenvalue weighted by atomic mass is 32.1. The fourth-order valence-electron chi connectivity index (χ4n) is 1.64. The third kappa shape index (κ3) is 3.45. The molecule has 0 unspecified atom stereocenters. The molecule has 1 aromatic heterocycles. The number of hydrogen-bond acceptors (Lipinski definition) is 3. The quantitative estimate of drug-likeness (QED) is 0.838. The fraction of sp³-hybridized carbons (Fsp3) is 0.133. The van der Waals surface area contributed by atoms with Crippen LogP contribution in [0.4, 0.5) is 14.5 Å². The molecule has 0 bridgehead atoms. The molecule has 3 nitrogen and oxygen atoms in total. The van der Waals surface area contributed by atoms with Gasteiger partial charge in [0.05, 0.1) is 16.3 Å².